The third kappa shape index (κ3) is 13.2. The van der Waals surface area contributed by atoms with Gasteiger partial charge in [0.15, 0.2) is 0 Å². The van der Waals surface area contributed by atoms with Crippen molar-refractivity contribution in [3.63, 3.8) is 0 Å². The van der Waals surface area contributed by atoms with Crippen molar-refractivity contribution in [2.75, 3.05) is 26.3 Å². The number of phenols is 2. The zero-order valence-electron chi connectivity index (χ0n) is 25.5. The van der Waals surface area contributed by atoms with Crippen LogP contribution in [0.3, 0.4) is 0 Å². The molecular formula is C36H45CuNO7. The van der Waals surface area contributed by atoms with E-state index in [0.29, 0.717) is 23.1 Å². The molecule has 0 aromatic heterocycles. The summed E-state index contributed by atoms with van der Waals surface area (Å²) >= 11 is 0. The monoisotopic (exact) mass is 666 g/mol. The van der Waals surface area contributed by atoms with E-state index < -0.39 is 12.1 Å². The average Bonchev–Trinajstić information content (AvgIpc) is 3.04. The number of aliphatic hydroxyl groups is 2. The average molecular weight is 667 g/mol. The first-order valence-electron chi connectivity index (χ1n) is 15.3. The van der Waals surface area contributed by atoms with Crippen molar-refractivity contribution >= 4 is 16.7 Å². The Morgan fingerprint density at radius 1 is 0.800 bits per heavy atom. The van der Waals surface area contributed by atoms with Crippen molar-refractivity contribution in [3.8, 4) is 11.5 Å². The maximum atomic E-state index is 10.7. The minimum atomic E-state index is -1.12. The fraction of sp³-hybridized carbons (Fsp3) is 0.361. The molecule has 0 saturated carbocycles. The molecule has 0 saturated heterocycles. The Balaban J connectivity index is 0.000000391. The van der Waals surface area contributed by atoms with Crippen LogP contribution in [0.15, 0.2) is 84.9 Å². The normalized spacial score (nSPS) is 11.3. The van der Waals surface area contributed by atoms with Gasteiger partial charge in [-0.15, -0.1) is 0 Å². The molecule has 4 aromatic rings. The molecule has 4 rings (SSSR count). The molecule has 4 aromatic carbocycles. The number of rotatable bonds is 17. The Bertz CT molecular complexity index is 1420. The Morgan fingerprint density at radius 2 is 1.49 bits per heavy atom. The number of hydrogen-bond acceptors (Lipinski definition) is 7. The van der Waals surface area contributed by atoms with Crippen LogP contribution in [-0.4, -0.2) is 57.8 Å². The summed E-state index contributed by atoms with van der Waals surface area (Å²) in [5.74, 6) is -1.23. The summed E-state index contributed by atoms with van der Waals surface area (Å²) < 4.78 is 5.72. The molecule has 0 aliphatic rings. The van der Waals surface area contributed by atoms with Gasteiger partial charge < -0.3 is 35.6 Å². The summed E-state index contributed by atoms with van der Waals surface area (Å²) in [6.45, 7) is 2.77. The summed E-state index contributed by atoms with van der Waals surface area (Å²) in [5.41, 5.74) is 2.47. The number of nitrogens with one attached hydrogen (secondary N) is 1. The number of aryl methyl sites for hydroxylation is 1. The number of benzene rings is 4. The fourth-order valence-electron chi connectivity index (χ4n) is 4.81. The number of aromatic hydroxyl groups is 2. The Morgan fingerprint density at radius 3 is 2.22 bits per heavy atom. The molecule has 0 amide bonds. The predicted molar refractivity (Wildman–Crippen MR) is 173 cm³/mol. The van der Waals surface area contributed by atoms with E-state index >= 15 is 0 Å². The van der Waals surface area contributed by atoms with Gasteiger partial charge in [0.2, 0.25) is 0 Å². The van der Waals surface area contributed by atoms with Crippen LogP contribution in [0.4, 0.5) is 0 Å². The number of carboxylic acids is 1. The first-order chi connectivity index (χ1) is 21.4. The minimum absolute atomic E-state index is 0. The van der Waals surface area contributed by atoms with Crippen LogP contribution < -0.4 is 5.32 Å². The number of aromatic carboxylic acids is 1. The number of ether oxygens (including phenoxy) is 1. The van der Waals surface area contributed by atoms with Gasteiger partial charge in [-0.2, -0.15) is 0 Å². The quantitative estimate of drug-likeness (QED) is 0.0566. The Kier molecular flexibility index (Phi) is 17.9. The van der Waals surface area contributed by atoms with Crippen molar-refractivity contribution in [1.82, 2.24) is 5.32 Å². The molecule has 6 N–H and O–H groups in total. The number of carboxylic acid groups (broad SMARTS) is 1. The molecule has 9 heteroatoms. The van der Waals surface area contributed by atoms with Crippen LogP contribution in [0.1, 0.15) is 71.7 Å². The number of hydrogen-bond donors (Lipinski definition) is 6. The smallest absolute Gasteiger partial charge is 0.339 e. The molecule has 0 aliphatic carbocycles. The second-order valence-electron chi connectivity index (χ2n) is 10.7. The topological polar surface area (TPSA) is 139 Å². The van der Waals surface area contributed by atoms with Crippen LogP contribution >= 0.6 is 0 Å². The van der Waals surface area contributed by atoms with Crippen LogP contribution in [-0.2, 0) is 34.8 Å². The third-order valence-electron chi connectivity index (χ3n) is 7.37. The maximum Gasteiger partial charge on any atom is 0.339 e. The van der Waals surface area contributed by atoms with Gasteiger partial charge in [0.25, 0.3) is 0 Å². The molecule has 0 spiro atoms. The maximum absolute atomic E-state index is 10.7. The predicted octanol–water partition coefficient (Wildman–Crippen LogP) is 6.35. The van der Waals surface area contributed by atoms with Gasteiger partial charge in [0, 0.05) is 47.8 Å². The number of unbranched alkanes of at least 4 members (excludes halogenated alkanes) is 4. The molecule has 0 aliphatic heterocycles. The first-order valence-corrected chi connectivity index (χ1v) is 15.3. The molecular weight excluding hydrogens is 622 g/mol. The van der Waals surface area contributed by atoms with Gasteiger partial charge in [0.1, 0.15) is 17.1 Å². The molecule has 247 valence electrons. The van der Waals surface area contributed by atoms with E-state index in [4.69, 9.17) is 9.84 Å². The SMILES string of the molecule is O=C(O)c1ccc2ccccc2c1O.OCc1cc(C(O)CNCCCCCCOCCCCc2ccccc2)ccc1O.[Cu]. The fourth-order valence-corrected chi connectivity index (χ4v) is 4.81. The van der Waals surface area contributed by atoms with Gasteiger partial charge in [-0.05, 0) is 73.4 Å². The van der Waals surface area contributed by atoms with Crippen molar-refractivity contribution < 1.29 is 52.1 Å². The van der Waals surface area contributed by atoms with Gasteiger partial charge in [0.05, 0.1) is 12.7 Å². The van der Waals surface area contributed by atoms with Gasteiger partial charge in [-0.1, -0.05) is 79.6 Å². The summed E-state index contributed by atoms with van der Waals surface area (Å²) in [6, 6.07) is 25.6. The number of aliphatic hydroxyl groups excluding tert-OH is 2. The second-order valence-corrected chi connectivity index (χ2v) is 10.7. The molecule has 1 atom stereocenters. The van der Waals surface area contributed by atoms with Crippen LogP contribution in [0, 0.1) is 0 Å². The largest absolute Gasteiger partial charge is 0.508 e. The van der Waals surface area contributed by atoms with E-state index in [0.717, 1.165) is 63.7 Å². The molecule has 8 nitrogen and oxygen atoms in total. The Labute approximate surface area is 276 Å². The molecule has 1 radical (unpaired) electrons. The molecule has 0 bridgehead atoms. The molecule has 0 fully saturated rings. The third-order valence-corrected chi connectivity index (χ3v) is 7.37. The van der Waals surface area contributed by atoms with Crippen LogP contribution in [0.5, 0.6) is 11.5 Å². The minimum Gasteiger partial charge on any atom is -0.508 e. The van der Waals surface area contributed by atoms with E-state index in [1.54, 1.807) is 30.3 Å². The van der Waals surface area contributed by atoms with Crippen molar-refractivity contribution in [2.45, 2.75) is 57.7 Å². The number of fused-ring (bicyclic) bond motifs is 1. The summed E-state index contributed by atoms with van der Waals surface area (Å²) in [6.07, 6.45) is 7.24. The van der Waals surface area contributed by atoms with Crippen molar-refractivity contribution in [3.05, 3.63) is 107 Å². The second kappa shape index (κ2) is 21.3. The van der Waals surface area contributed by atoms with Crippen molar-refractivity contribution in [1.29, 1.82) is 0 Å². The van der Waals surface area contributed by atoms with E-state index in [2.05, 4.69) is 35.6 Å². The number of carbonyl (C=O) groups is 1. The van der Waals surface area contributed by atoms with Crippen molar-refractivity contribution in [2.24, 2.45) is 0 Å². The van der Waals surface area contributed by atoms with Crippen LogP contribution in [0.25, 0.3) is 10.8 Å². The molecule has 0 heterocycles. The first kappa shape index (κ1) is 37.8. The van der Waals surface area contributed by atoms with Gasteiger partial charge in [-0.25, -0.2) is 4.79 Å². The van der Waals surface area contributed by atoms with Crippen LogP contribution in [0.2, 0.25) is 0 Å². The zero-order chi connectivity index (χ0) is 31.6. The summed E-state index contributed by atoms with van der Waals surface area (Å²) in [4.78, 5) is 10.7. The standard InChI is InChI=1S/C25H37NO4.C11H8O3.Cu/c27-20-23-18-22(13-14-24(23)28)25(29)19-26-15-7-1-2-8-16-30-17-9-6-12-21-10-4-3-5-11-21;12-10-8-4-2-1-3-7(8)5-6-9(10)11(13)14;/h3-5,10-11,13-14,18,25-29H,1-2,6-9,12,15-17,19-20H2;1-6,12H,(H,13,14);. The van der Waals surface area contributed by atoms with E-state index in [-0.39, 0.29) is 40.7 Å². The van der Waals surface area contributed by atoms with Gasteiger partial charge >= 0.3 is 5.97 Å². The Hall–Kier alpha value is -3.43. The van der Waals surface area contributed by atoms with E-state index in [1.165, 1.54) is 24.1 Å². The van der Waals surface area contributed by atoms with E-state index in [1.807, 2.05) is 12.1 Å². The summed E-state index contributed by atoms with van der Waals surface area (Å²) in [5, 5.41) is 52.1. The molecule has 1 unspecified atom stereocenters. The summed E-state index contributed by atoms with van der Waals surface area (Å²) in [7, 11) is 0. The molecule has 45 heavy (non-hydrogen) atoms. The van der Waals surface area contributed by atoms with E-state index in [9.17, 15) is 25.2 Å². The van der Waals surface area contributed by atoms with Gasteiger partial charge in [-0.3, -0.25) is 0 Å². The zero-order valence-corrected chi connectivity index (χ0v) is 26.4.